The number of benzene rings is 1. The van der Waals surface area contributed by atoms with Crippen molar-refractivity contribution < 1.29 is 0 Å². The molecule has 4 N–H and O–H groups in total. The van der Waals surface area contributed by atoms with Crippen molar-refractivity contribution in [3.63, 3.8) is 0 Å². The van der Waals surface area contributed by atoms with Gasteiger partial charge in [-0.25, -0.2) is 4.99 Å². The summed E-state index contributed by atoms with van der Waals surface area (Å²) in [6.07, 6.45) is 0. The van der Waals surface area contributed by atoms with E-state index in [1.165, 1.54) is 0 Å². The summed E-state index contributed by atoms with van der Waals surface area (Å²) in [5.41, 5.74) is 12.3. The van der Waals surface area contributed by atoms with Crippen molar-refractivity contribution in [2.75, 3.05) is 39.8 Å². The number of piperazine rings is 1. The van der Waals surface area contributed by atoms with Gasteiger partial charge in [-0.05, 0) is 12.6 Å². The Morgan fingerprint density at radius 2 is 1.79 bits per heavy atom. The normalized spacial score (nSPS) is 19.0. The Morgan fingerprint density at radius 1 is 1.16 bits per heavy atom. The maximum atomic E-state index is 5.56. The molecule has 0 aliphatic carbocycles. The molecule has 0 radical (unpaired) electrons. The minimum absolute atomic E-state index is 0.0228. The Morgan fingerprint density at radius 3 is 2.37 bits per heavy atom. The highest BCUT2D eigenvalue weighted by molar-refractivity contribution is 5.76. The van der Waals surface area contributed by atoms with Crippen LogP contribution in [0.1, 0.15) is 11.6 Å². The molecule has 5 nitrogen and oxygen atoms in total. The number of rotatable bonds is 4. The molecule has 19 heavy (non-hydrogen) atoms. The van der Waals surface area contributed by atoms with E-state index in [0.717, 1.165) is 38.3 Å². The molecule has 1 unspecified atom stereocenters. The second kappa shape index (κ2) is 6.54. The Labute approximate surface area is 114 Å². The molecule has 1 heterocycles. The van der Waals surface area contributed by atoms with E-state index in [1.54, 1.807) is 0 Å². The third-order valence-electron chi connectivity index (χ3n) is 3.52. The van der Waals surface area contributed by atoms with E-state index in [-0.39, 0.29) is 12.0 Å². The van der Waals surface area contributed by atoms with E-state index in [9.17, 15) is 0 Å². The number of nitrogens with two attached hydrogens (primary N) is 2. The summed E-state index contributed by atoms with van der Waals surface area (Å²) in [5, 5.41) is 0. The lowest BCUT2D eigenvalue weighted by atomic mass is 10.1. The fourth-order valence-electron chi connectivity index (χ4n) is 2.35. The number of nitrogens with zero attached hydrogens (tertiary/aromatic N) is 3. The average Bonchev–Trinajstić information content (AvgIpc) is 2.41. The van der Waals surface area contributed by atoms with Crippen molar-refractivity contribution >= 4 is 5.96 Å². The number of aliphatic imine (C=N–C) groups is 1. The Bertz CT molecular complexity index is 405. The Balaban J connectivity index is 2.05. The van der Waals surface area contributed by atoms with Crippen LogP contribution in [-0.2, 0) is 0 Å². The zero-order valence-electron chi connectivity index (χ0n) is 11.5. The van der Waals surface area contributed by atoms with Gasteiger partial charge in [-0.15, -0.1) is 0 Å². The molecule has 1 aromatic carbocycles. The van der Waals surface area contributed by atoms with Gasteiger partial charge in [-0.2, -0.15) is 0 Å². The minimum atomic E-state index is 0.0228. The van der Waals surface area contributed by atoms with Gasteiger partial charge in [0.15, 0.2) is 5.96 Å². The number of hydrogen-bond donors (Lipinski definition) is 2. The van der Waals surface area contributed by atoms with Crippen LogP contribution in [0.15, 0.2) is 35.3 Å². The predicted molar refractivity (Wildman–Crippen MR) is 78.9 cm³/mol. The molecular formula is C14H23N5. The van der Waals surface area contributed by atoms with Crippen molar-refractivity contribution in [1.82, 2.24) is 9.80 Å². The summed E-state index contributed by atoms with van der Waals surface area (Å²) in [7, 11) is 2.15. The van der Waals surface area contributed by atoms with Crippen LogP contribution in [0.5, 0.6) is 0 Å². The van der Waals surface area contributed by atoms with Crippen molar-refractivity contribution in [3.8, 4) is 0 Å². The third kappa shape index (κ3) is 4.22. The van der Waals surface area contributed by atoms with Crippen molar-refractivity contribution in [2.45, 2.75) is 6.04 Å². The lowest BCUT2D eigenvalue weighted by Crippen LogP contribution is -2.45. The van der Waals surface area contributed by atoms with Gasteiger partial charge in [0.2, 0.25) is 0 Å². The molecule has 1 atom stereocenters. The molecule has 1 aliphatic rings. The molecule has 0 saturated carbocycles. The molecule has 1 aromatic rings. The quantitative estimate of drug-likeness (QED) is 0.602. The summed E-state index contributed by atoms with van der Waals surface area (Å²) >= 11 is 0. The van der Waals surface area contributed by atoms with Crippen LogP contribution in [-0.4, -0.2) is 55.5 Å². The molecule has 2 rings (SSSR count). The third-order valence-corrected chi connectivity index (χ3v) is 3.52. The maximum Gasteiger partial charge on any atom is 0.186 e. The molecule has 5 heteroatoms. The fraction of sp³-hybridized carbons (Fsp3) is 0.500. The summed E-state index contributed by atoms with van der Waals surface area (Å²) in [6.45, 7) is 5.21. The number of guanidine groups is 1. The van der Waals surface area contributed by atoms with Crippen LogP contribution in [0.25, 0.3) is 0 Å². The van der Waals surface area contributed by atoms with E-state index in [1.807, 2.05) is 18.2 Å². The van der Waals surface area contributed by atoms with Gasteiger partial charge in [0, 0.05) is 32.7 Å². The van der Waals surface area contributed by atoms with Crippen LogP contribution in [0.3, 0.4) is 0 Å². The zero-order valence-corrected chi connectivity index (χ0v) is 11.5. The second-order valence-corrected chi connectivity index (χ2v) is 5.08. The molecule has 0 bridgehead atoms. The SMILES string of the molecule is CN1CCN(CC(N=C(N)N)c2ccccc2)CC1. The summed E-state index contributed by atoms with van der Waals surface area (Å²) in [5.74, 6) is 0.156. The second-order valence-electron chi connectivity index (χ2n) is 5.08. The van der Waals surface area contributed by atoms with Gasteiger partial charge >= 0.3 is 0 Å². The standard InChI is InChI=1S/C14H23N5/c1-18-7-9-19(10-8-18)11-13(17-14(15)16)12-5-3-2-4-6-12/h2-6,13H,7-11H2,1H3,(H4,15,16,17). The molecule has 1 aliphatic heterocycles. The summed E-state index contributed by atoms with van der Waals surface area (Å²) < 4.78 is 0. The van der Waals surface area contributed by atoms with Gasteiger partial charge in [0.25, 0.3) is 0 Å². The fourth-order valence-corrected chi connectivity index (χ4v) is 2.35. The van der Waals surface area contributed by atoms with Gasteiger partial charge in [0.05, 0.1) is 6.04 Å². The smallest absolute Gasteiger partial charge is 0.186 e. The highest BCUT2D eigenvalue weighted by Gasteiger charge is 2.19. The Kier molecular flexibility index (Phi) is 4.76. The first-order valence-corrected chi connectivity index (χ1v) is 6.70. The minimum Gasteiger partial charge on any atom is -0.370 e. The number of likely N-dealkylation sites (N-methyl/N-ethyl adjacent to an activating group) is 1. The van der Waals surface area contributed by atoms with Crippen LogP contribution >= 0.6 is 0 Å². The molecule has 0 amide bonds. The van der Waals surface area contributed by atoms with Crippen molar-refractivity contribution in [3.05, 3.63) is 35.9 Å². The monoisotopic (exact) mass is 261 g/mol. The van der Waals surface area contributed by atoms with Gasteiger partial charge in [-0.1, -0.05) is 30.3 Å². The van der Waals surface area contributed by atoms with Gasteiger partial charge in [0.1, 0.15) is 0 Å². The first-order chi connectivity index (χ1) is 9.15. The van der Waals surface area contributed by atoms with Gasteiger partial charge in [-0.3, -0.25) is 4.90 Å². The first-order valence-electron chi connectivity index (χ1n) is 6.70. The lowest BCUT2D eigenvalue weighted by Gasteiger charge is -2.33. The average molecular weight is 261 g/mol. The van der Waals surface area contributed by atoms with Crippen LogP contribution < -0.4 is 11.5 Å². The van der Waals surface area contributed by atoms with Crippen molar-refractivity contribution in [2.24, 2.45) is 16.5 Å². The molecule has 104 valence electrons. The van der Waals surface area contributed by atoms with E-state index in [0.29, 0.717) is 0 Å². The first kappa shape index (κ1) is 13.8. The van der Waals surface area contributed by atoms with E-state index in [2.05, 4.69) is 34.0 Å². The molecular weight excluding hydrogens is 238 g/mol. The molecule has 0 aromatic heterocycles. The maximum absolute atomic E-state index is 5.56. The van der Waals surface area contributed by atoms with E-state index >= 15 is 0 Å². The van der Waals surface area contributed by atoms with E-state index < -0.39 is 0 Å². The predicted octanol–water partition coefficient (Wildman–Crippen LogP) is 0.249. The highest BCUT2D eigenvalue weighted by Crippen LogP contribution is 2.19. The van der Waals surface area contributed by atoms with Crippen LogP contribution in [0.4, 0.5) is 0 Å². The van der Waals surface area contributed by atoms with E-state index in [4.69, 9.17) is 11.5 Å². The van der Waals surface area contributed by atoms with Gasteiger partial charge < -0.3 is 16.4 Å². The van der Waals surface area contributed by atoms with Crippen molar-refractivity contribution in [1.29, 1.82) is 0 Å². The van der Waals surface area contributed by atoms with Crippen LogP contribution in [0, 0.1) is 0 Å². The summed E-state index contributed by atoms with van der Waals surface area (Å²) in [4.78, 5) is 9.14. The topological polar surface area (TPSA) is 70.9 Å². The summed E-state index contributed by atoms with van der Waals surface area (Å²) in [6, 6.07) is 10.2. The molecule has 0 spiro atoms. The Hall–Kier alpha value is -1.59. The largest absolute Gasteiger partial charge is 0.370 e. The highest BCUT2D eigenvalue weighted by atomic mass is 15.3. The molecule has 1 fully saturated rings. The lowest BCUT2D eigenvalue weighted by molar-refractivity contribution is 0.148. The zero-order chi connectivity index (χ0) is 13.7. The van der Waals surface area contributed by atoms with Crippen LogP contribution in [0.2, 0.25) is 0 Å². The molecule has 1 saturated heterocycles. The number of hydrogen-bond acceptors (Lipinski definition) is 3.